The molecule has 0 radical (unpaired) electrons. The van der Waals surface area contributed by atoms with E-state index in [2.05, 4.69) is 5.32 Å². The molecule has 2 aliphatic rings. The van der Waals surface area contributed by atoms with Gasteiger partial charge in [-0.05, 0) is 35.9 Å². The van der Waals surface area contributed by atoms with Gasteiger partial charge in [0.1, 0.15) is 18.0 Å². The topological polar surface area (TPSA) is 50.7 Å². The molecule has 0 aromatic heterocycles. The van der Waals surface area contributed by atoms with Gasteiger partial charge >= 0.3 is 6.18 Å². The summed E-state index contributed by atoms with van der Waals surface area (Å²) in [5.74, 6) is 0.146. The molecule has 4 rings (SSSR count). The normalized spacial score (nSPS) is 25.6. The first-order valence-electron chi connectivity index (χ1n) is 7.93. The van der Waals surface area contributed by atoms with E-state index < -0.39 is 23.9 Å². The molecule has 0 saturated carbocycles. The van der Waals surface area contributed by atoms with Crippen molar-refractivity contribution in [2.75, 3.05) is 18.5 Å². The molecule has 0 aliphatic carbocycles. The summed E-state index contributed by atoms with van der Waals surface area (Å²) >= 11 is 0. The first kappa shape index (κ1) is 16.2. The van der Waals surface area contributed by atoms with Crippen LogP contribution in [-0.2, 0) is 15.7 Å². The summed E-state index contributed by atoms with van der Waals surface area (Å²) in [5.41, 5.74) is 1.21. The second-order valence-electron chi connectivity index (χ2n) is 6.14. The highest BCUT2D eigenvalue weighted by molar-refractivity contribution is 5.59. The number of phenols is 1. The Balaban J connectivity index is 1.76. The second-order valence-corrected chi connectivity index (χ2v) is 6.14. The van der Waals surface area contributed by atoms with Crippen LogP contribution in [0.1, 0.15) is 28.8 Å². The monoisotopic (exact) mass is 351 g/mol. The highest BCUT2D eigenvalue weighted by Crippen LogP contribution is 2.45. The van der Waals surface area contributed by atoms with Gasteiger partial charge in [0.05, 0.1) is 24.8 Å². The van der Waals surface area contributed by atoms with Crippen molar-refractivity contribution >= 4 is 5.69 Å². The molecule has 2 aromatic rings. The van der Waals surface area contributed by atoms with E-state index in [-0.39, 0.29) is 11.8 Å². The lowest BCUT2D eigenvalue weighted by atomic mass is 9.87. The Morgan fingerprint density at radius 3 is 2.44 bits per heavy atom. The number of ether oxygens (including phenoxy) is 2. The molecule has 2 N–H and O–H groups in total. The van der Waals surface area contributed by atoms with Gasteiger partial charge in [0.15, 0.2) is 0 Å². The lowest BCUT2D eigenvalue weighted by Gasteiger charge is -2.43. The van der Waals surface area contributed by atoms with Crippen molar-refractivity contribution in [3.05, 3.63) is 59.2 Å². The molecule has 1 fully saturated rings. The van der Waals surface area contributed by atoms with Crippen LogP contribution in [0.3, 0.4) is 0 Å². The van der Waals surface area contributed by atoms with Gasteiger partial charge in [-0.2, -0.15) is 13.2 Å². The Kier molecular flexibility index (Phi) is 3.85. The molecular formula is C18H16F3NO3. The third-order valence-corrected chi connectivity index (χ3v) is 4.57. The number of aromatic hydroxyl groups is 1. The highest BCUT2D eigenvalue weighted by Gasteiger charge is 2.42. The standard InChI is InChI=1S/C18H16F3NO3/c19-18(20,21)11-3-6-14-13(9-11)16-17(25-8-7-24-16)15(22-14)10-1-4-12(23)5-2-10/h1-6,9,15-17,22-23H,7-8H2/t15?,16-,17+/m1/s1. The molecule has 2 heterocycles. The zero-order valence-corrected chi connectivity index (χ0v) is 13.1. The van der Waals surface area contributed by atoms with Crippen molar-refractivity contribution < 1.29 is 27.8 Å². The van der Waals surface area contributed by atoms with Crippen LogP contribution < -0.4 is 5.32 Å². The fraction of sp³-hybridized carbons (Fsp3) is 0.333. The van der Waals surface area contributed by atoms with Crippen molar-refractivity contribution in [3.8, 4) is 5.75 Å². The number of benzene rings is 2. The maximum atomic E-state index is 13.0. The number of phenolic OH excluding ortho intramolecular Hbond substituents is 1. The Morgan fingerprint density at radius 2 is 1.72 bits per heavy atom. The molecule has 4 nitrogen and oxygen atoms in total. The summed E-state index contributed by atoms with van der Waals surface area (Å²) in [5, 5.41) is 12.7. The molecule has 132 valence electrons. The smallest absolute Gasteiger partial charge is 0.416 e. The Bertz CT molecular complexity index is 776. The van der Waals surface area contributed by atoms with E-state index in [1.54, 1.807) is 24.3 Å². The number of hydrogen-bond acceptors (Lipinski definition) is 4. The van der Waals surface area contributed by atoms with Crippen LogP contribution in [0.2, 0.25) is 0 Å². The lowest BCUT2D eigenvalue weighted by Crippen LogP contribution is -2.43. The van der Waals surface area contributed by atoms with Gasteiger partial charge in [-0.15, -0.1) is 0 Å². The van der Waals surface area contributed by atoms with Crippen LogP contribution in [0.25, 0.3) is 0 Å². The fourth-order valence-corrected chi connectivity index (χ4v) is 3.39. The molecule has 25 heavy (non-hydrogen) atoms. The summed E-state index contributed by atoms with van der Waals surface area (Å²) < 4.78 is 50.7. The van der Waals surface area contributed by atoms with Gasteiger partial charge in [-0.25, -0.2) is 0 Å². The average Bonchev–Trinajstić information content (AvgIpc) is 2.60. The van der Waals surface area contributed by atoms with Crippen LogP contribution >= 0.6 is 0 Å². The molecule has 0 spiro atoms. The van der Waals surface area contributed by atoms with Gasteiger partial charge < -0.3 is 19.9 Å². The lowest BCUT2D eigenvalue weighted by molar-refractivity contribution is -0.152. The summed E-state index contributed by atoms with van der Waals surface area (Å²) in [4.78, 5) is 0. The minimum absolute atomic E-state index is 0.146. The van der Waals surface area contributed by atoms with E-state index in [1.165, 1.54) is 6.07 Å². The summed E-state index contributed by atoms with van der Waals surface area (Å²) in [6, 6.07) is 9.99. The predicted octanol–water partition coefficient (Wildman–Crippen LogP) is 4.03. The second kappa shape index (κ2) is 5.93. The number of nitrogens with one attached hydrogen (secondary N) is 1. The van der Waals surface area contributed by atoms with Gasteiger partial charge in [0, 0.05) is 11.3 Å². The molecule has 2 aromatic carbocycles. The van der Waals surface area contributed by atoms with E-state index in [0.717, 1.165) is 17.7 Å². The summed E-state index contributed by atoms with van der Waals surface area (Å²) in [6.07, 6.45) is -5.44. The van der Waals surface area contributed by atoms with Crippen LogP contribution in [0.15, 0.2) is 42.5 Å². The number of fused-ring (bicyclic) bond motifs is 3. The maximum Gasteiger partial charge on any atom is 0.416 e. The van der Waals surface area contributed by atoms with E-state index >= 15 is 0 Å². The van der Waals surface area contributed by atoms with Crippen LogP contribution in [-0.4, -0.2) is 24.4 Å². The van der Waals surface area contributed by atoms with E-state index in [4.69, 9.17) is 9.47 Å². The van der Waals surface area contributed by atoms with Crippen LogP contribution in [0, 0.1) is 0 Å². The third kappa shape index (κ3) is 2.94. The van der Waals surface area contributed by atoms with Gasteiger partial charge in [-0.1, -0.05) is 12.1 Å². The van der Waals surface area contributed by atoms with Crippen LogP contribution in [0.5, 0.6) is 5.75 Å². The number of anilines is 1. The number of alkyl halides is 3. The summed E-state index contributed by atoms with van der Waals surface area (Å²) in [7, 11) is 0. The van der Waals surface area contributed by atoms with Crippen molar-refractivity contribution in [1.82, 2.24) is 0 Å². The quantitative estimate of drug-likeness (QED) is 0.814. The first-order valence-corrected chi connectivity index (χ1v) is 7.93. The molecular weight excluding hydrogens is 335 g/mol. The van der Waals surface area contributed by atoms with Crippen molar-refractivity contribution in [2.45, 2.75) is 24.4 Å². The maximum absolute atomic E-state index is 13.0. The Hall–Kier alpha value is -2.25. The Morgan fingerprint density at radius 1 is 1.00 bits per heavy atom. The van der Waals surface area contributed by atoms with E-state index in [9.17, 15) is 18.3 Å². The van der Waals surface area contributed by atoms with Crippen molar-refractivity contribution in [1.29, 1.82) is 0 Å². The molecule has 0 bridgehead atoms. The van der Waals surface area contributed by atoms with Gasteiger partial charge in [0.25, 0.3) is 0 Å². The zero-order valence-electron chi connectivity index (χ0n) is 13.1. The highest BCUT2D eigenvalue weighted by atomic mass is 19.4. The molecule has 1 unspecified atom stereocenters. The average molecular weight is 351 g/mol. The molecule has 0 amide bonds. The van der Waals surface area contributed by atoms with Crippen molar-refractivity contribution in [3.63, 3.8) is 0 Å². The minimum Gasteiger partial charge on any atom is -0.508 e. The minimum atomic E-state index is -4.41. The SMILES string of the molecule is Oc1ccc(C2Nc3ccc(C(F)(F)F)cc3[C@H]3OCCO[C@@H]23)cc1. The van der Waals surface area contributed by atoms with E-state index in [1.807, 2.05) is 0 Å². The van der Waals surface area contributed by atoms with Crippen molar-refractivity contribution in [2.24, 2.45) is 0 Å². The Labute approximate surface area is 142 Å². The number of hydrogen-bond donors (Lipinski definition) is 2. The number of rotatable bonds is 1. The molecule has 1 saturated heterocycles. The van der Waals surface area contributed by atoms with Gasteiger partial charge in [0.2, 0.25) is 0 Å². The van der Waals surface area contributed by atoms with Gasteiger partial charge in [-0.3, -0.25) is 0 Å². The van der Waals surface area contributed by atoms with E-state index in [0.29, 0.717) is 24.5 Å². The third-order valence-electron chi connectivity index (χ3n) is 4.57. The predicted molar refractivity (Wildman–Crippen MR) is 84.3 cm³/mol. The number of halogens is 3. The zero-order chi connectivity index (χ0) is 17.6. The van der Waals surface area contributed by atoms with Crippen LogP contribution in [0.4, 0.5) is 18.9 Å². The molecule has 7 heteroatoms. The summed E-state index contributed by atoms with van der Waals surface area (Å²) in [6.45, 7) is 0.713. The molecule has 2 aliphatic heterocycles. The first-order chi connectivity index (χ1) is 11.9. The molecule has 3 atom stereocenters. The largest absolute Gasteiger partial charge is 0.508 e. The fourth-order valence-electron chi connectivity index (χ4n) is 3.39.